The third-order valence-electron chi connectivity index (χ3n) is 8.29. The van der Waals surface area contributed by atoms with Crippen LogP contribution in [0.4, 0.5) is 10.5 Å². The van der Waals surface area contributed by atoms with E-state index >= 15 is 0 Å². The van der Waals surface area contributed by atoms with Crippen molar-refractivity contribution in [1.29, 1.82) is 0 Å². The van der Waals surface area contributed by atoms with Crippen LogP contribution in [0.3, 0.4) is 0 Å². The Morgan fingerprint density at radius 2 is 1.47 bits per heavy atom. The second-order valence-electron chi connectivity index (χ2n) is 13.9. The minimum absolute atomic E-state index is 0.0978. The van der Waals surface area contributed by atoms with Crippen LogP contribution in [-0.4, -0.2) is 46.1 Å². The second-order valence-corrected chi connectivity index (χ2v) is 13.9. The first-order valence-electron chi connectivity index (χ1n) is 17.3. The minimum atomic E-state index is -1.04. The van der Waals surface area contributed by atoms with Crippen LogP contribution in [0.5, 0.6) is 5.75 Å². The average molecular weight is 666 g/mol. The summed E-state index contributed by atoms with van der Waals surface area (Å²) in [5.74, 6) is -0.643. The fraction of sp³-hybridized carbons (Fsp3) is 0.390. The van der Waals surface area contributed by atoms with Gasteiger partial charge in [0.15, 0.2) is 0 Å². The third-order valence-corrected chi connectivity index (χ3v) is 8.29. The molecule has 8 nitrogen and oxygen atoms in total. The van der Waals surface area contributed by atoms with Gasteiger partial charge in [-0.3, -0.25) is 9.59 Å². The van der Waals surface area contributed by atoms with Crippen molar-refractivity contribution in [2.24, 2.45) is 0 Å². The van der Waals surface area contributed by atoms with E-state index in [1.54, 1.807) is 49.9 Å². The van der Waals surface area contributed by atoms with Gasteiger partial charge in [0.1, 0.15) is 23.4 Å². The molecular weight excluding hydrogens is 614 g/mol. The first-order valence-corrected chi connectivity index (χ1v) is 17.3. The van der Waals surface area contributed by atoms with Crippen LogP contribution >= 0.6 is 0 Å². The summed E-state index contributed by atoms with van der Waals surface area (Å²) in [4.78, 5) is 44.2. The molecule has 4 aromatic rings. The van der Waals surface area contributed by atoms with Crippen LogP contribution in [0.25, 0.3) is 10.8 Å². The maximum Gasteiger partial charge on any atom is 0.408 e. The smallest absolute Gasteiger partial charge is 0.408 e. The van der Waals surface area contributed by atoms with Gasteiger partial charge in [0.2, 0.25) is 5.91 Å². The van der Waals surface area contributed by atoms with Crippen molar-refractivity contribution in [1.82, 2.24) is 10.2 Å². The number of amides is 3. The van der Waals surface area contributed by atoms with Crippen LogP contribution in [-0.2, 0) is 20.7 Å². The SMILES string of the molecule is CCCCCCCN(C(=O)C(Cc1ccc(O)cc1)NC(=O)OC(C)(C)C)C(C(=O)Nc1ccc2ccccc2c1)c1cc(C)cc(C)c1. The molecule has 0 aliphatic carbocycles. The van der Waals surface area contributed by atoms with Gasteiger partial charge >= 0.3 is 6.09 Å². The molecule has 0 bridgehead atoms. The summed E-state index contributed by atoms with van der Waals surface area (Å²) < 4.78 is 5.58. The Morgan fingerprint density at radius 1 is 0.816 bits per heavy atom. The van der Waals surface area contributed by atoms with E-state index in [0.717, 1.165) is 53.1 Å². The highest BCUT2D eigenvalue weighted by Crippen LogP contribution is 2.29. The number of aryl methyl sites for hydroxylation is 2. The maximum atomic E-state index is 14.9. The van der Waals surface area contributed by atoms with Crippen molar-refractivity contribution >= 4 is 34.4 Å². The van der Waals surface area contributed by atoms with Gasteiger partial charge < -0.3 is 25.4 Å². The summed E-state index contributed by atoms with van der Waals surface area (Å²) in [7, 11) is 0. The van der Waals surface area contributed by atoms with Crippen molar-refractivity contribution < 1.29 is 24.2 Å². The number of anilines is 1. The Bertz CT molecular complexity index is 1710. The monoisotopic (exact) mass is 665 g/mol. The molecule has 2 atom stereocenters. The Balaban J connectivity index is 1.78. The number of ether oxygens (including phenoxy) is 1. The lowest BCUT2D eigenvalue weighted by Gasteiger charge is -2.35. The van der Waals surface area contributed by atoms with Crippen molar-refractivity contribution in [2.75, 3.05) is 11.9 Å². The maximum absolute atomic E-state index is 14.9. The van der Waals surface area contributed by atoms with E-state index < -0.39 is 29.7 Å². The van der Waals surface area contributed by atoms with Gasteiger partial charge in [-0.15, -0.1) is 0 Å². The Hall–Kier alpha value is -4.85. The fourth-order valence-corrected chi connectivity index (χ4v) is 6.09. The zero-order valence-electron chi connectivity index (χ0n) is 29.7. The highest BCUT2D eigenvalue weighted by Gasteiger charge is 2.36. The summed E-state index contributed by atoms with van der Waals surface area (Å²) in [5.41, 5.74) is 3.22. The van der Waals surface area contributed by atoms with Crippen molar-refractivity contribution in [3.63, 3.8) is 0 Å². The molecule has 4 aromatic carbocycles. The Kier molecular flexibility index (Phi) is 12.8. The van der Waals surface area contributed by atoms with Crippen LogP contribution in [0.2, 0.25) is 0 Å². The lowest BCUT2D eigenvalue weighted by Crippen LogP contribution is -2.53. The number of carbonyl (C=O) groups is 3. The molecule has 3 N–H and O–H groups in total. The fourth-order valence-electron chi connectivity index (χ4n) is 6.09. The molecule has 0 radical (unpaired) electrons. The second kappa shape index (κ2) is 17.0. The third kappa shape index (κ3) is 11.1. The molecule has 0 fully saturated rings. The summed E-state index contributed by atoms with van der Waals surface area (Å²) in [5, 5.41) is 17.9. The molecule has 0 aliphatic heterocycles. The quantitative estimate of drug-likeness (QED) is 0.117. The van der Waals surface area contributed by atoms with Gasteiger partial charge in [-0.1, -0.05) is 104 Å². The molecule has 0 saturated carbocycles. The summed E-state index contributed by atoms with van der Waals surface area (Å²) >= 11 is 0. The lowest BCUT2D eigenvalue weighted by molar-refractivity contribution is -0.140. The molecule has 4 rings (SSSR count). The first-order chi connectivity index (χ1) is 23.3. The predicted molar refractivity (Wildman–Crippen MR) is 197 cm³/mol. The molecule has 0 heterocycles. The van der Waals surface area contributed by atoms with Gasteiger partial charge in [-0.05, 0) is 87.2 Å². The molecule has 2 unspecified atom stereocenters. The van der Waals surface area contributed by atoms with E-state index in [1.165, 1.54) is 0 Å². The first kappa shape index (κ1) is 37.0. The topological polar surface area (TPSA) is 108 Å². The van der Waals surface area contributed by atoms with Crippen LogP contribution in [0.1, 0.15) is 88.1 Å². The summed E-state index contributed by atoms with van der Waals surface area (Å²) in [6, 6.07) is 24.1. The summed E-state index contributed by atoms with van der Waals surface area (Å²) in [6.07, 6.45) is 4.17. The number of rotatable bonds is 14. The van der Waals surface area contributed by atoms with Crippen molar-refractivity contribution in [2.45, 2.75) is 97.8 Å². The zero-order valence-corrected chi connectivity index (χ0v) is 29.7. The predicted octanol–water partition coefficient (Wildman–Crippen LogP) is 8.78. The number of fused-ring (bicyclic) bond motifs is 1. The van der Waals surface area contributed by atoms with E-state index in [2.05, 4.69) is 17.6 Å². The summed E-state index contributed by atoms with van der Waals surface area (Å²) in [6.45, 7) is 11.7. The molecule has 0 spiro atoms. The largest absolute Gasteiger partial charge is 0.508 e. The molecule has 0 aliphatic rings. The van der Waals surface area contributed by atoms with Crippen LogP contribution in [0, 0.1) is 13.8 Å². The number of phenolic OH excluding ortho intramolecular Hbond substituents is 1. The zero-order chi connectivity index (χ0) is 35.6. The van der Waals surface area contributed by atoms with Crippen molar-refractivity contribution in [3.05, 3.63) is 107 Å². The van der Waals surface area contributed by atoms with Gasteiger partial charge in [0.25, 0.3) is 5.91 Å². The van der Waals surface area contributed by atoms with Gasteiger partial charge in [-0.2, -0.15) is 0 Å². The number of unbranched alkanes of at least 4 members (excludes halogenated alkanes) is 4. The molecular formula is C41H51N3O5. The van der Waals surface area contributed by atoms with Crippen molar-refractivity contribution in [3.8, 4) is 5.75 Å². The minimum Gasteiger partial charge on any atom is -0.508 e. The molecule has 3 amide bonds. The van der Waals surface area contributed by atoms with Gasteiger partial charge in [-0.25, -0.2) is 4.79 Å². The highest BCUT2D eigenvalue weighted by atomic mass is 16.6. The van der Waals surface area contributed by atoms with E-state index in [4.69, 9.17) is 4.74 Å². The van der Waals surface area contributed by atoms with Crippen LogP contribution < -0.4 is 10.6 Å². The molecule has 8 heteroatoms. The normalized spacial score (nSPS) is 12.6. The number of hydrogen-bond acceptors (Lipinski definition) is 5. The lowest BCUT2D eigenvalue weighted by atomic mass is 9.96. The number of nitrogens with zero attached hydrogens (tertiary/aromatic N) is 1. The molecule has 260 valence electrons. The number of phenols is 1. The van der Waals surface area contributed by atoms with Gasteiger partial charge in [0.05, 0.1) is 0 Å². The highest BCUT2D eigenvalue weighted by molar-refractivity contribution is 6.00. The number of benzene rings is 4. The number of aromatic hydroxyl groups is 1. The van der Waals surface area contributed by atoms with Crippen LogP contribution in [0.15, 0.2) is 84.9 Å². The Labute approximate surface area is 290 Å². The van der Waals surface area contributed by atoms with E-state index in [9.17, 15) is 19.5 Å². The molecule has 49 heavy (non-hydrogen) atoms. The molecule has 0 saturated heterocycles. The number of carbonyl (C=O) groups excluding carboxylic acids is 3. The van der Waals surface area contributed by atoms with Gasteiger partial charge in [0, 0.05) is 18.7 Å². The number of alkyl carbamates (subject to hydrolysis) is 1. The molecule has 0 aromatic heterocycles. The average Bonchev–Trinajstić information content (AvgIpc) is 3.03. The Morgan fingerprint density at radius 3 is 2.12 bits per heavy atom. The standard InChI is InChI=1S/C41H51N3O5/c1-7-8-9-10-13-22-44(39(47)36(43-40(48)49-41(4,5)6)26-30-16-20-35(45)21-17-30)37(33-24-28(2)23-29(3)25-33)38(46)42-34-19-18-31-14-11-12-15-32(31)27-34/h11-12,14-21,23-25,27,36-37,45H,7-10,13,22,26H2,1-6H3,(H,42,46)(H,43,48). The van der Waals surface area contributed by atoms with E-state index in [0.29, 0.717) is 24.2 Å². The van der Waals surface area contributed by atoms with E-state index in [1.807, 2.05) is 74.5 Å². The number of hydrogen-bond donors (Lipinski definition) is 3. The number of nitrogens with one attached hydrogen (secondary N) is 2. The van der Waals surface area contributed by atoms with E-state index in [-0.39, 0.29) is 18.1 Å².